The lowest BCUT2D eigenvalue weighted by atomic mass is 9.51. The van der Waals surface area contributed by atoms with Gasteiger partial charge in [-0.15, -0.1) is 0 Å². The first-order valence-corrected chi connectivity index (χ1v) is 10.3. The van der Waals surface area contributed by atoms with Crippen LogP contribution in [-0.4, -0.2) is 86.3 Å². The van der Waals surface area contributed by atoms with Crippen molar-refractivity contribution in [3.05, 3.63) is 0 Å². The number of carbonyl (C=O) groups excluding carboxylic acids is 3. The third-order valence-corrected chi connectivity index (χ3v) is 8.95. The maximum absolute atomic E-state index is 13.4. The van der Waals surface area contributed by atoms with E-state index in [0.717, 1.165) is 0 Å². The number of ether oxygens (including phenoxy) is 4. The molecule has 11 nitrogen and oxygen atoms in total. The Morgan fingerprint density at radius 1 is 0.935 bits per heavy atom. The predicted molar refractivity (Wildman–Crippen MR) is 93.4 cm³/mol. The summed E-state index contributed by atoms with van der Waals surface area (Å²) in [4.78, 5) is 38.3. The molecule has 6 aliphatic rings. The van der Waals surface area contributed by atoms with Gasteiger partial charge in [-0.2, -0.15) is 0 Å². The molecule has 0 radical (unpaired) electrons. The Labute approximate surface area is 176 Å². The Hall–Kier alpha value is -1.79. The van der Waals surface area contributed by atoms with Gasteiger partial charge in [0.1, 0.15) is 12.2 Å². The van der Waals surface area contributed by atoms with E-state index in [4.69, 9.17) is 18.9 Å². The molecule has 31 heavy (non-hydrogen) atoms. The molecule has 4 aliphatic heterocycles. The van der Waals surface area contributed by atoms with Gasteiger partial charge in [0.2, 0.25) is 11.9 Å². The molecule has 1 unspecified atom stereocenters. The first-order chi connectivity index (χ1) is 14.3. The summed E-state index contributed by atoms with van der Waals surface area (Å²) >= 11 is 0. The standard InChI is InChI=1S/C20H24O11/c1-5-12(24)28-11-8(22)18-10-6(21)7(16(2,3)4)17(18)9(23)13(25)30-15(17)31-20(18,14(26)29-10)19(5,11)27/h5-11,15,21-23,27H,1-4H3/t5-,6-,7+,8-,9+,10-,11+,15+,17+,18?,19-,20-/m1/s1. The number of fused-ring (bicyclic) bond motifs is 1. The summed E-state index contributed by atoms with van der Waals surface area (Å²) < 4.78 is 22.2. The summed E-state index contributed by atoms with van der Waals surface area (Å²) in [5.74, 6) is -5.22. The van der Waals surface area contributed by atoms with Gasteiger partial charge >= 0.3 is 17.9 Å². The highest BCUT2D eigenvalue weighted by molar-refractivity contribution is 5.94. The lowest BCUT2D eigenvalue weighted by Gasteiger charge is -2.47. The maximum atomic E-state index is 13.4. The van der Waals surface area contributed by atoms with Crippen molar-refractivity contribution in [2.45, 2.75) is 75.7 Å². The fourth-order valence-electron chi connectivity index (χ4n) is 8.27. The Morgan fingerprint density at radius 3 is 2.19 bits per heavy atom. The molecule has 0 amide bonds. The van der Waals surface area contributed by atoms with Gasteiger partial charge in [-0.05, 0) is 12.3 Å². The van der Waals surface area contributed by atoms with E-state index in [1.54, 1.807) is 20.8 Å². The van der Waals surface area contributed by atoms with Crippen LogP contribution in [0, 0.1) is 28.1 Å². The minimum atomic E-state index is -2.40. The van der Waals surface area contributed by atoms with E-state index in [9.17, 15) is 34.8 Å². The van der Waals surface area contributed by atoms with Crippen LogP contribution in [0.15, 0.2) is 0 Å². The number of hydrogen-bond donors (Lipinski definition) is 4. The molecule has 2 saturated carbocycles. The fraction of sp³-hybridized carbons (Fsp3) is 0.850. The largest absolute Gasteiger partial charge is 0.456 e. The lowest BCUT2D eigenvalue weighted by molar-refractivity contribution is -0.240. The van der Waals surface area contributed by atoms with Crippen LogP contribution < -0.4 is 0 Å². The van der Waals surface area contributed by atoms with Crippen LogP contribution in [0.1, 0.15) is 27.7 Å². The first kappa shape index (κ1) is 19.9. The van der Waals surface area contributed by atoms with Crippen molar-refractivity contribution in [2.24, 2.45) is 28.1 Å². The highest BCUT2D eigenvalue weighted by Crippen LogP contribution is 2.84. The first-order valence-electron chi connectivity index (χ1n) is 10.3. The third-order valence-electron chi connectivity index (χ3n) is 8.95. The molecule has 170 valence electrons. The summed E-state index contributed by atoms with van der Waals surface area (Å²) in [6, 6.07) is 0. The average Bonchev–Trinajstić information content (AvgIpc) is 3.35. The normalized spacial score (nSPS) is 61.0. The monoisotopic (exact) mass is 440 g/mol. The summed E-state index contributed by atoms with van der Waals surface area (Å²) in [6.45, 7) is 6.63. The molecule has 2 spiro atoms. The van der Waals surface area contributed by atoms with Crippen molar-refractivity contribution in [1.82, 2.24) is 0 Å². The van der Waals surface area contributed by atoms with Gasteiger partial charge in [0.15, 0.2) is 17.8 Å². The van der Waals surface area contributed by atoms with Crippen molar-refractivity contribution in [1.29, 1.82) is 0 Å². The van der Waals surface area contributed by atoms with Gasteiger partial charge in [0, 0.05) is 5.92 Å². The van der Waals surface area contributed by atoms with Crippen LogP contribution >= 0.6 is 0 Å². The zero-order valence-corrected chi connectivity index (χ0v) is 17.3. The van der Waals surface area contributed by atoms with Crippen molar-refractivity contribution < 1.29 is 53.8 Å². The quantitative estimate of drug-likeness (QED) is 0.234. The zero-order chi connectivity index (χ0) is 22.7. The van der Waals surface area contributed by atoms with E-state index >= 15 is 0 Å². The predicted octanol–water partition coefficient (Wildman–Crippen LogP) is -2.40. The summed E-state index contributed by atoms with van der Waals surface area (Å²) in [6.07, 6.45) is -9.69. The topological polar surface area (TPSA) is 169 Å². The highest BCUT2D eigenvalue weighted by atomic mass is 16.8. The van der Waals surface area contributed by atoms with Crippen molar-refractivity contribution in [3.63, 3.8) is 0 Å². The molecule has 0 aromatic heterocycles. The Morgan fingerprint density at radius 2 is 1.58 bits per heavy atom. The van der Waals surface area contributed by atoms with Gasteiger partial charge in [-0.3, -0.25) is 4.79 Å². The number of aliphatic hydroxyl groups excluding tert-OH is 3. The summed E-state index contributed by atoms with van der Waals surface area (Å²) in [7, 11) is 0. The second-order valence-electron chi connectivity index (χ2n) is 10.8. The van der Waals surface area contributed by atoms with E-state index in [0.29, 0.717) is 0 Å². The van der Waals surface area contributed by atoms with Gasteiger partial charge in [-0.1, -0.05) is 20.8 Å². The fourth-order valence-corrected chi connectivity index (χ4v) is 8.27. The number of aliphatic hydroxyl groups is 4. The van der Waals surface area contributed by atoms with Gasteiger partial charge in [0.25, 0.3) is 0 Å². The van der Waals surface area contributed by atoms with Gasteiger partial charge in [0.05, 0.1) is 22.9 Å². The van der Waals surface area contributed by atoms with E-state index in [-0.39, 0.29) is 0 Å². The maximum Gasteiger partial charge on any atom is 0.343 e. The van der Waals surface area contributed by atoms with Crippen LogP contribution in [0.5, 0.6) is 0 Å². The summed E-state index contributed by atoms with van der Waals surface area (Å²) in [5, 5.41) is 46.1. The number of esters is 3. The van der Waals surface area contributed by atoms with Crippen LogP contribution in [-0.2, 0) is 33.3 Å². The smallest absolute Gasteiger partial charge is 0.343 e. The van der Waals surface area contributed by atoms with Crippen LogP contribution in [0.25, 0.3) is 0 Å². The van der Waals surface area contributed by atoms with Crippen LogP contribution in [0.2, 0.25) is 0 Å². The SMILES string of the molecule is C[C@@H]1C(=O)O[C@H]2[C@@H](O)C34[C@@H]5OC(=O)[C@]3(O[C@@H]3OC(=O)[C@H](O)[C@@]34[C@H](C(C)(C)C)[C@H]5O)[C@@]12O. The van der Waals surface area contributed by atoms with Crippen molar-refractivity contribution >= 4 is 17.9 Å². The average molecular weight is 440 g/mol. The molecule has 4 N–H and O–H groups in total. The van der Waals surface area contributed by atoms with E-state index in [1.165, 1.54) is 6.92 Å². The zero-order valence-electron chi connectivity index (χ0n) is 17.3. The minimum absolute atomic E-state index is 0.792. The van der Waals surface area contributed by atoms with E-state index < -0.39 is 94.0 Å². The minimum Gasteiger partial charge on any atom is -0.456 e. The Balaban J connectivity index is 1.75. The van der Waals surface area contributed by atoms with E-state index in [1.807, 2.05) is 0 Å². The molecule has 4 saturated heterocycles. The molecule has 11 heteroatoms. The lowest BCUT2D eigenvalue weighted by Crippen LogP contribution is -2.67. The highest BCUT2D eigenvalue weighted by Gasteiger charge is 3.05. The molecule has 0 aromatic carbocycles. The number of rotatable bonds is 0. The number of hydrogen-bond acceptors (Lipinski definition) is 11. The Bertz CT molecular complexity index is 957. The molecule has 0 aromatic rings. The third kappa shape index (κ3) is 1.43. The molecule has 0 bridgehead atoms. The van der Waals surface area contributed by atoms with Crippen molar-refractivity contribution in [3.8, 4) is 0 Å². The molecule has 6 fully saturated rings. The second kappa shape index (κ2) is 4.91. The molecule has 12 atom stereocenters. The van der Waals surface area contributed by atoms with Gasteiger partial charge in [-0.25, -0.2) is 9.59 Å². The molecule has 4 heterocycles. The molecular formula is C20H24O11. The number of carbonyl (C=O) groups is 3. The van der Waals surface area contributed by atoms with E-state index in [2.05, 4.69) is 0 Å². The van der Waals surface area contributed by atoms with Crippen LogP contribution in [0.4, 0.5) is 0 Å². The molecule has 6 rings (SSSR count). The molecule has 2 aliphatic carbocycles. The van der Waals surface area contributed by atoms with Crippen LogP contribution in [0.3, 0.4) is 0 Å². The Kier molecular flexibility index (Phi) is 3.15. The summed E-state index contributed by atoms with van der Waals surface area (Å²) in [5.41, 5.74) is -9.40. The van der Waals surface area contributed by atoms with Crippen molar-refractivity contribution in [2.75, 3.05) is 0 Å². The second-order valence-corrected chi connectivity index (χ2v) is 10.8. The van der Waals surface area contributed by atoms with Gasteiger partial charge < -0.3 is 39.4 Å². The molecular weight excluding hydrogens is 416 g/mol.